The third-order valence-corrected chi connectivity index (χ3v) is 1.75. The van der Waals surface area contributed by atoms with Gasteiger partial charge in [-0.05, 0) is 12.5 Å². The summed E-state index contributed by atoms with van der Waals surface area (Å²) in [5, 5.41) is 18.6. The molecule has 2 unspecified atom stereocenters. The van der Waals surface area contributed by atoms with E-state index in [-0.39, 0.29) is 6.15 Å². The molecule has 0 heterocycles. The topological polar surface area (TPSA) is 75.5 Å². The summed E-state index contributed by atoms with van der Waals surface area (Å²) in [5.74, 6) is 0. The predicted octanol–water partition coefficient (Wildman–Crippen LogP) is 1.65. The predicted molar refractivity (Wildman–Crippen MR) is 52.7 cm³/mol. The van der Waals surface area contributed by atoms with Crippen molar-refractivity contribution >= 4 is 0 Å². The smallest absolute Gasteiger partial charge is 0.0814 e. The van der Waals surface area contributed by atoms with E-state index in [1.165, 1.54) is 0 Å². The van der Waals surface area contributed by atoms with Gasteiger partial charge in [0, 0.05) is 6.42 Å². The molecule has 0 radical (unpaired) electrons. The zero-order chi connectivity index (χ0) is 8.97. The minimum Gasteiger partial charge on any atom is -0.393 e. The zero-order valence-corrected chi connectivity index (χ0v) is 7.85. The SMILES string of the molecule is CC(O)CC(O)c1ccccc1.N. The van der Waals surface area contributed by atoms with Crippen LogP contribution in [0, 0.1) is 0 Å². The lowest BCUT2D eigenvalue weighted by Gasteiger charge is -2.11. The first-order valence-electron chi connectivity index (χ1n) is 4.11. The lowest BCUT2D eigenvalue weighted by atomic mass is 10.0. The zero-order valence-electron chi connectivity index (χ0n) is 7.85. The number of hydrogen-bond acceptors (Lipinski definition) is 3. The molecule has 0 saturated heterocycles. The molecule has 0 amide bonds. The number of aliphatic hydroxyl groups excluding tert-OH is 2. The van der Waals surface area contributed by atoms with Crippen LogP contribution in [0.3, 0.4) is 0 Å². The Labute approximate surface area is 78.6 Å². The maximum absolute atomic E-state index is 9.53. The van der Waals surface area contributed by atoms with Crippen molar-refractivity contribution in [2.24, 2.45) is 0 Å². The van der Waals surface area contributed by atoms with Crippen molar-refractivity contribution in [3.8, 4) is 0 Å². The third-order valence-electron chi connectivity index (χ3n) is 1.75. The first-order valence-corrected chi connectivity index (χ1v) is 4.11. The molecule has 0 aromatic heterocycles. The molecule has 1 rings (SSSR count). The molecule has 0 aliphatic heterocycles. The van der Waals surface area contributed by atoms with Crippen molar-refractivity contribution in [2.75, 3.05) is 0 Å². The van der Waals surface area contributed by atoms with E-state index in [0.717, 1.165) is 5.56 Å². The van der Waals surface area contributed by atoms with Crippen LogP contribution in [-0.2, 0) is 0 Å². The number of rotatable bonds is 3. The Kier molecular flexibility index (Phi) is 5.30. The van der Waals surface area contributed by atoms with E-state index in [9.17, 15) is 5.11 Å². The van der Waals surface area contributed by atoms with Crippen molar-refractivity contribution in [3.05, 3.63) is 35.9 Å². The van der Waals surface area contributed by atoms with Crippen LogP contribution in [0.1, 0.15) is 25.0 Å². The van der Waals surface area contributed by atoms with Gasteiger partial charge >= 0.3 is 0 Å². The van der Waals surface area contributed by atoms with Crippen LogP contribution in [0.4, 0.5) is 0 Å². The molecule has 3 nitrogen and oxygen atoms in total. The number of benzene rings is 1. The van der Waals surface area contributed by atoms with Crippen LogP contribution >= 0.6 is 0 Å². The molecule has 0 spiro atoms. The van der Waals surface area contributed by atoms with Gasteiger partial charge in [0.15, 0.2) is 0 Å². The first-order chi connectivity index (χ1) is 5.70. The minimum atomic E-state index is -0.550. The van der Waals surface area contributed by atoms with Crippen molar-refractivity contribution < 1.29 is 10.2 Å². The van der Waals surface area contributed by atoms with Crippen LogP contribution in [0.25, 0.3) is 0 Å². The van der Waals surface area contributed by atoms with Gasteiger partial charge in [0.25, 0.3) is 0 Å². The second kappa shape index (κ2) is 5.70. The number of aliphatic hydroxyl groups is 2. The molecular weight excluding hydrogens is 166 g/mol. The second-order valence-electron chi connectivity index (χ2n) is 3.01. The van der Waals surface area contributed by atoms with E-state index >= 15 is 0 Å². The highest BCUT2D eigenvalue weighted by atomic mass is 16.3. The van der Waals surface area contributed by atoms with Gasteiger partial charge in [-0.1, -0.05) is 30.3 Å². The van der Waals surface area contributed by atoms with E-state index in [2.05, 4.69) is 0 Å². The maximum Gasteiger partial charge on any atom is 0.0814 e. The molecule has 1 aromatic carbocycles. The van der Waals surface area contributed by atoms with Crippen LogP contribution < -0.4 is 6.15 Å². The molecule has 3 heteroatoms. The molecule has 0 fully saturated rings. The molecule has 0 aliphatic rings. The summed E-state index contributed by atoms with van der Waals surface area (Å²) in [6.07, 6.45) is -0.615. The van der Waals surface area contributed by atoms with E-state index in [0.29, 0.717) is 6.42 Å². The molecule has 1 aromatic rings. The molecular formula is C10H17NO2. The van der Waals surface area contributed by atoms with Crippen LogP contribution in [-0.4, -0.2) is 16.3 Å². The summed E-state index contributed by atoms with van der Waals surface area (Å²) >= 11 is 0. The van der Waals surface area contributed by atoms with E-state index in [1.54, 1.807) is 6.92 Å². The Balaban J connectivity index is 0.00000144. The van der Waals surface area contributed by atoms with Crippen LogP contribution in [0.5, 0.6) is 0 Å². The Morgan fingerprint density at radius 1 is 1.15 bits per heavy atom. The fraction of sp³-hybridized carbons (Fsp3) is 0.400. The van der Waals surface area contributed by atoms with Gasteiger partial charge in [0.05, 0.1) is 12.2 Å². The highest BCUT2D eigenvalue weighted by molar-refractivity contribution is 5.17. The first kappa shape index (κ1) is 12.1. The van der Waals surface area contributed by atoms with Crippen LogP contribution in [0.15, 0.2) is 30.3 Å². The van der Waals surface area contributed by atoms with Crippen molar-refractivity contribution in [3.63, 3.8) is 0 Å². The fourth-order valence-corrected chi connectivity index (χ4v) is 1.13. The van der Waals surface area contributed by atoms with Crippen molar-refractivity contribution in [2.45, 2.75) is 25.6 Å². The standard InChI is InChI=1S/C10H14O2.H3N/c1-8(11)7-10(12)9-5-3-2-4-6-9;/h2-6,8,10-12H,7H2,1H3;1H3. The minimum absolute atomic E-state index is 0. The Morgan fingerprint density at radius 3 is 2.15 bits per heavy atom. The van der Waals surface area contributed by atoms with Gasteiger partial charge in [-0.25, -0.2) is 0 Å². The van der Waals surface area contributed by atoms with Crippen molar-refractivity contribution in [1.82, 2.24) is 6.15 Å². The summed E-state index contributed by atoms with van der Waals surface area (Å²) in [4.78, 5) is 0. The highest BCUT2D eigenvalue weighted by Gasteiger charge is 2.08. The normalized spacial score (nSPS) is 14.4. The van der Waals surface area contributed by atoms with Gasteiger partial charge in [-0.2, -0.15) is 0 Å². The Bertz CT molecular complexity index is 224. The van der Waals surface area contributed by atoms with Gasteiger partial charge < -0.3 is 16.4 Å². The molecule has 5 N–H and O–H groups in total. The summed E-state index contributed by atoms with van der Waals surface area (Å²) in [6, 6.07) is 9.36. The summed E-state index contributed by atoms with van der Waals surface area (Å²) < 4.78 is 0. The molecule has 0 aliphatic carbocycles. The summed E-state index contributed by atoms with van der Waals surface area (Å²) in [5.41, 5.74) is 0.860. The van der Waals surface area contributed by atoms with E-state index < -0.39 is 12.2 Å². The van der Waals surface area contributed by atoms with Crippen LogP contribution in [0.2, 0.25) is 0 Å². The summed E-state index contributed by atoms with van der Waals surface area (Å²) in [7, 11) is 0. The molecule has 74 valence electrons. The second-order valence-corrected chi connectivity index (χ2v) is 3.01. The fourth-order valence-electron chi connectivity index (χ4n) is 1.13. The molecule has 2 atom stereocenters. The maximum atomic E-state index is 9.53. The Hall–Kier alpha value is -0.900. The monoisotopic (exact) mass is 183 g/mol. The van der Waals surface area contributed by atoms with Crippen molar-refractivity contribution in [1.29, 1.82) is 0 Å². The largest absolute Gasteiger partial charge is 0.393 e. The number of hydrogen-bond donors (Lipinski definition) is 3. The van der Waals surface area contributed by atoms with Gasteiger partial charge in [-0.15, -0.1) is 0 Å². The summed E-state index contributed by atoms with van der Waals surface area (Å²) in [6.45, 7) is 1.67. The van der Waals surface area contributed by atoms with E-state index in [1.807, 2.05) is 30.3 Å². The Morgan fingerprint density at radius 2 is 1.69 bits per heavy atom. The average molecular weight is 183 g/mol. The molecule has 0 bridgehead atoms. The molecule has 13 heavy (non-hydrogen) atoms. The highest BCUT2D eigenvalue weighted by Crippen LogP contribution is 2.17. The quantitative estimate of drug-likeness (QED) is 0.667. The third kappa shape index (κ3) is 4.03. The average Bonchev–Trinajstić information content (AvgIpc) is 2.05. The van der Waals surface area contributed by atoms with Gasteiger partial charge in [0.1, 0.15) is 0 Å². The van der Waals surface area contributed by atoms with E-state index in [4.69, 9.17) is 5.11 Å². The lowest BCUT2D eigenvalue weighted by molar-refractivity contribution is 0.0907. The molecule has 0 saturated carbocycles. The lowest BCUT2D eigenvalue weighted by Crippen LogP contribution is -2.07. The van der Waals surface area contributed by atoms with Gasteiger partial charge in [-0.3, -0.25) is 0 Å². The van der Waals surface area contributed by atoms with Gasteiger partial charge in [0.2, 0.25) is 0 Å².